The summed E-state index contributed by atoms with van der Waals surface area (Å²) < 4.78 is 21.0. The number of phosphoric ester groups is 1. The molecular weight excluding hydrogens is 383 g/mol. The first-order valence-electron chi connectivity index (χ1n) is 10.8. The molecule has 0 aromatic carbocycles. The van der Waals surface area contributed by atoms with E-state index in [1.54, 1.807) is 11.8 Å². The van der Waals surface area contributed by atoms with Gasteiger partial charge < -0.3 is 14.5 Å². The van der Waals surface area contributed by atoms with Gasteiger partial charge in [-0.15, -0.1) is 0 Å². The van der Waals surface area contributed by atoms with Gasteiger partial charge in [0.05, 0.1) is 12.7 Å². The topological polar surface area (TPSA) is 76.0 Å². The third kappa shape index (κ3) is 22.6. The third-order valence-corrected chi connectivity index (χ3v) is 5.82. The summed E-state index contributed by atoms with van der Waals surface area (Å²) in [5.74, 6) is 0.679. The molecule has 0 radical (unpaired) electrons. The van der Waals surface area contributed by atoms with E-state index in [1.165, 1.54) is 77.0 Å². The minimum Gasteiger partial charge on any atom is -0.375 e. The van der Waals surface area contributed by atoms with Crippen molar-refractivity contribution in [3.8, 4) is 0 Å². The Morgan fingerprint density at radius 2 is 1.26 bits per heavy atom. The Bertz CT molecular complexity index is 351. The number of unbranched alkanes of at least 4 members (excludes halogenated alkanes) is 13. The lowest BCUT2D eigenvalue weighted by Crippen LogP contribution is -2.22. The largest absolute Gasteiger partial charge is 0.469 e. The van der Waals surface area contributed by atoms with E-state index in [-0.39, 0.29) is 12.7 Å². The van der Waals surface area contributed by atoms with Crippen LogP contribution in [0.2, 0.25) is 0 Å². The van der Waals surface area contributed by atoms with Gasteiger partial charge in [0.25, 0.3) is 0 Å². The molecule has 0 heterocycles. The van der Waals surface area contributed by atoms with Gasteiger partial charge in [-0.2, -0.15) is 11.8 Å². The molecule has 0 aliphatic carbocycles. The van der Waals surface area contributed by atoms with E-state index < -0.39 is 7.82 Å². The predicted molar refractivity (Wildman–Crippen MR) is 116 cm³/mol. The van der Waals surface area contributed by atoms with Crippen LogP contribution in [0.1, 0.15) is 96.8 Å². The van der Waals surface area contributed by atoms with Crippen LogP contribution in [0.5, 0.6) is 0 Å². The van der Waals surface area contributed by atoms with E-state index in [2.05, 4.69) is 11.4 Å². The highest BCUT2D eigenvalue weighted by molar-refractivity contribution is 7.98. The summed E-state index contributed by atoms with van der Waals surface area (Å²) in [6.07, 6.45) is 20.2. The number of thioether (sulfide) groups is 1. The van der Waals surface area contributed by atoms with E-state index in [0.717, 1.165) is 12.8 Å². The van der Waals surface area contributed by atoms with Gasteiger partial charge in [0.15, 0.2) is 0 Å². The Hall–Kier alpha value is 0.420. The monoisotopic (exact) mass is 426 g/mol. The lowest BCUT2D eigenvalue weighted by molar-refractivity contribution is 0.0244. The zero-order chi connectivity index (χ0) is 20.2. The summed E-state index contributed by atoms with van der Waals surface area (Å²) in [4.78, 5) is 17.5. The summed E-state index contributed by atoms with van der Waals surface area (Å²) in [5, 5.41) is 0. The first-order chi connectivity index (χ1) is 13.0. The summed E-state index contributed by atoms with van der Waals surface area (Å²) in [6.45, 7) is 2.85. The van der Waals surface area contributed by atoms with Crippen LogP contribution in [0, 0.1) is 0 Å². The Morgan fingerprint density at radius 3 is 1.67 bits per heavy atom. The minimum atomic E-state index is -4.41. The zero-order valence-corrected chi connectivity index (χ0v) is 19.3. The normalized spacial score (nSPS) is 13.2. The molecule has 27 heavy (non-hydrogen) atoms. The first-order valence-corrected chi connectivity index (χ1v) is 13.7. The van der Waals surface area contributed by atoms with Gasteiger partial charge in [0.2, 0.25) is 0 Å². The van der Waals surface area contributed by atoms with Crippen LogP contribution < -0.4 is 0 Å². The van der Waals surface area contributed by atoms with Crippen molar-refractivity contribution < 1.29 is 23.6 Å². The third-order valence-electron chi connectivity index (χ3n) is 4.63. The van der Waals surface area contributed by atoms with Gasteiger partial charge in [-0.25, -0.2) is 4.57 Å². The van der Waals surface area contributed by atoms with Crippen LogP contribution in [-0.4, -0.2) is 41.1 Å². The van der Waals surface area contributed by atoms with E-state index in [1.807, 2.05) is 6.26 Å². The van der Waals surface area contributed by atoms with Crippen molar-refractivity contribution in [2.24, 2.45) is 0 Å². The van der Waals surface area contributed by atoms with Crippen molar-refractivity contribution in [1.82, 2.24) is 0 Å². The fraction of sp³-hybridized carbons (Fsp3) is 1.00. The second-order valence-electron chi connectivity index (χ2n) is 7.33. The molecule has 0 aromatic heterocycles. The van der Waals surface area contributed by atoms with Gasteiger partial charge >= 0.3 is 7.82 Å². The van der Waals surface area contributed by atoms with Crippen LogP contribution in [0.15, 0.2) is 0 Å². The molecule has 2 N–H and O–H groups in total. The summed E-state index contributed by atoms with van der Waals surface area (Å²) in [6, 6.07) is 0. The van der Waals surface area contributed by atoms with Crippen LogP contribution in [0.4, 0.5) is 0 Å². The maximum Gasteiger partial charge on any atom is 0.469 e. The molecule has 1 unspecified atom stereocenters. The maximum atomic E-state index is 10.8. The van der Waals surface area contributed by atoms with E-state index >= 15 is 0 Å². The molecule has 1 atom stereocenters. The van der Waals surface area contributed by atoms with Crippen LogP contribution >= 0.6 is 19.6 Å². The van der Waals surface area contributed by atoms with Gasteiger partial charge in [-0.3, -0.25) is 4.52 Å². The van der Waals surface area contributed by atoms with Gasteiger partial charge in [-0.05, 0) is 12.7 Å². The van der Waals surface area contributed by atoms with Crippen LogP contribution in [0.3, 0.4) is 0 Å². The van der Waals surface area contributed by atoms with Gasteiger partial charge in [-0.1, -0.05) is 90.4 Å². The summed E-state index contributed by atoms with van der Waals surface area (Å²) >= 11 is 1.59. The molecule has 0 aromatic rings. The Morgan fingerprint density at radius 1 is 0.815 bits per heavy atom. The Balaban J connectivity index is 3.36. The number of hydrogen-bond acceptors (Lipinski definition) is 4. The number of phosphoric acid groups is 1. The minimum absolute atomic E-state index is 0.0519. The molecule has 7 heteroatoms. The fourth-order valence-electron chi connectivity index (χ4n) is 3.06. The van der Waals surface area contributed by atoms with Gasteiger partial charge in [0.1, 0.15) is 0 Å². The number of ether oxygens (including phenoxy) is 1. The van der Waals surface area contributed by atoms with Gasteiger partial charge in [0, 0.05) is 12.4 Å². The summed E-state index contributed by atoms with van der Waals surface area (Å²) in [5.41, 5.74) is 0. The molecule has 0 spiro atoms. The lowest BCUT2D eigenvalue weighted by Gasteiger charge is -2.17. The van der Waals surface area contributed by atoms with E-state index in [9.17, 15) is 4.57 Å². The molecule has 164 valence electrons. The average Bonchev–Trinajstić information content (AvgIpc) is 2.62. The van der Waals surface area contributed by atoms with E-state index in [4.69, 9.17) is 14.5 Å². The Kier molecular flexibility index (Phi) is 20.0. The molecule has 0 rings (SSSR count). The molecule has 0 fully saturated rings. The highest BCUT2D eigenvalue weighted by Crippen LogP contribution is 2.36. The second-order valence-corrected chi connectivity index (χ2v) is 9.48. The number of hydrogen-bond donors (Lipinski definition) is 2. The predicted octanol–water partition coefficient (Wildman–Crippen LogP) is 6.33. The first kappa shape index (κ1) is 27.4. The smallest absolute Gasteiger partial charge is 0.375 e. The van der Waals surface area contributed by atoms with Crippen molar-refractivity contribution in [2.75, 3.05) is 25.2 Å². The standard InChI is InChI=1S/C20H43O5PS/c1-3-4-5-6-7-8-9-10-11-12-13-14-15-16-17-24-20(19-27-2)18-25-26(21,22)23/h20H,3-19H2,1-2H3,(H2,21,22,23). The van der Waals surface area contributed by atoms with Crippen molar-refractivity contribution in [3.05, 3.63) is 0 Å². The van der Waals surface area contributed by atoms with Crippen LogP contribution in [-0.2, 0) is 13.8 Å². The lowest BCUT2D eigenvalue weighted by atomic mass is 10.0. The Labute approximate surface area is 171 Å². The SMILES string of the molecule is CCCCCCCCCCCCCCCCOC(COP(=O)(O)O)CSC. The van der Waals surface area contributed by atoms with Crippen molar-refractivity contribution in [3.63, 3.8) is 0 Å². The molecule has 0 aliphatic heterocycles. The molecule has 0 amide bonds. The second kappa shape index (κ2) is 19.7. The fourth-order valence-corrected chi connectivity index (χ4v) is 3.98. The van der Waals surface area contributed by atoms with Crippen molar-refractivity contribution in [2.45, 2.75) is 103 Å². The van der Waals surface area contributed by atoms with Crippen molar-refractivity contribution >= 4 is 19.6 Å². The quantitative estimate of drug-likeness (QED) is 0.165. The molecule has 0 bridgehead atoms. The molecular formula is C20H43O5PS. The highest BCUT2D eigenvalue weighted by Gasteiger charge is 2.18. The zero-order valence-electron chi connectivity index (χ0n) is 17.6. The average molecular weight is 427 g/mol. The molecule has 0 saturated heterocycles. The highest BCUT2D eigenvalue weighted by atomic mass is 32.2. The van der Waals surface area contributed by atoms with Crippen LogP contribution in [0.25, 0.3) is 0 Å². The molecule has 5 nitrogen and oxygen atoms in total. The number of rotatable bonds is 21. The van der Waals surface area contributed by atoms with Crippen molar-refractivity contribution in [1.29, 1.82) is 0 Å². The molecule has 0 aliphatic rings. The summed E-state index contributed by atoms with van der Waals surface area (Å²) in [7, 11) is -4.41. The maximum absolute atomic E-state index is 10.8. The van der Waals surface area contributed by atoms with E-state index in [0.29, 0.717) is 12.4 Å². The molecule has 0 saturated carbocycles.